The second kappa shape index (κ2) is 5.69. The number of benzene rings is 1. The SMILES string of the molecule is O=C(NN=Cc1ccccc1[N+](=O)[O-])C1C=NNC1=O. The van der Waals surface area contributed by atoms with E-state index in [9.17, 15) is 19.7 Å². The van der Waals surface area contributed by atoms with Gasteiger partial charge in [-0.05, 0) is 6.07 Å². The van der Waals surface area contributed by atoms with Crippen LogP contribution >= 0.6 is 0 Å². The molecule has 0 fully saturated rings. The van der Waals surface area contributed by atoms with E-state index in [0.717, 1.165) is 12.4 Å². The van der Waals surface area contributed by atoms with Crippen molar-refractivity contribution in [1.82, 2.24) is 10.9 Å². The lowest BCUT2D eigenvalue weighted by atomic mass is 10.1. The normalized spacial score (nSPS) is 17.2. The molecule has 0 bridgehead atoms. The molecule has 0 saturated heterocycles. The smallest absolute Gasteiger partial charge is 0.272 e. The van der Waals surface area contributed by atoms with E-state index in [1.165, 1.54) is 18.2 Å². The van der Waals surface area contributed by atoms with Gasteiger partial charge in [-0.15, -0.1) is 0 Å². The van der Waals surface area contributed by atoms with E-state index in [2.05, 4.69) is 21.1 Å². The lowest BCUT2D eigenvalue weighted by molar-refractivity contribution is -0.385. The number of carbonyl (C=O) groups excluding carboxylic acids is 2. The van der Waals surface area contributed by atoms with Crippen molar-refractivity contribution in [2.24, 2.45) is 16.1 Å². The highest BCUT2D eigenvalue weighted by molar-refractivity contribution is 6.15. The molecular formula is C11H9N5O4. The number of nitro groups is 1. The van der Waals surface area contributed by atoms with Gasteiger partial charge in [0.1, 0.15) is 0 Å². The Hall–Kier alpha value is -3.10. The monoisotopic (exact) mass is 275 g/mol. The molecule has 0 spiro atoms. The molecule has 102 valence electrons. The number of hydrogen-bond donors (Lipinski definition) is 2. The van der Waals surface area contributed by atoms with Crippen LogP contribution in [0.25, 0.3) is 0 Å². The molecule has 1 aliphatic heterocycles. The highest BCUT2D eigenvalue weighted by atomic mass is 16.6. The number of hydrazone groups is 2. The van der Waals surface area contributed by atoms with Crippen LogP contribution in [-0.2, 0) is 9.59 Å². The molecule has 1 atom stereocenters. The number of nitrogens with one attached hydrogen (secondary N) is 2. The van der Waals surface area contributed by atoms with E-state index in [1.54, 1.807) is 6.07 Å². The molecule has 0 radical (unpaired) electrons. The Morgan fingerprint density at radius 2 is 2.25 bits per heavy atom. The summed E-state index contributed by atoms with van der Waals surface area (Å²) in [4.78, 5) is 32.9. The lowest BCUT2D eigenvalue weighted by Gasteiger charge is -2.02. The van der Waals surface area contributed by atoms with Gasteiger partial charge < -0.3 is 0 Å². The predicted octanol–water partition coefficient (Wildman–Crippen LogP) is -0.223. The van der Waals surface area contributed by atoms with Gasteiger partial charge in [0.2, 0.25) is 0 Å². The average molecular weight is 275 g/mol. The van der Waals surface area contributed by atoms with Gasteiger partial charge in [0.25, 0.3) is 17.5 Å². The largest absolute Gasteiger partial charge is 0.278 e. The van der Waals surface area contributed by atoms with Crippen LogP contribution in [-0.4, -0.2) is 29.2 Å². The number of hydrogen-bond acceptors (Lipinski definition) is 6. The van der Waals surface area contributed by atoms with E-state index in [4.69, 9.17) is 0 Å². The Kier molecular flexibility index (Phi) is 3.80. The minimum Gasteiger partial charge on any atom is -0.272 e. The van der Waals surface area contributed by atoms with Crippen molar-refractivity contribution in [3.63, 3.8) is 0 Å². The predicted molar refractivity (Wildman–Crippen MR) is 69.0 cm³/mol. The number of nitrogens with zero attached hydrogens (tertiary/aromatic N) is 3. The summed E-state index contributed by atoms with van der Waals surface area (Å²) in [6.07, 6.45) is 2.29. The van der Waals surface area contributed by atoms with Crippen molar-refractivity contribution in [3.8, 4) is 0 Å². The third-order valence-corrected chi connectivity index (χ3v) is 2.48. The van der Waals surface area contributed by atoms with Gasteiger partial charge in [-0.3, -0.25) is 19.7 Å². The second-order valence-corrected chi connectivity index (χ2v) is 3.78. The standard InChI is InChI=1S/C11H9N5O4/c17-10(8-6-13-15-11(8)18)14-12-5-7-3-1-2-4-9(7)16(19)20/h1-6,8H,(H,14,17)(H,15,18). The van der Waals surface area contributed by atoms with Gasteiger partial charge in [-0.1, -0.05) is 12.1 Å². The van der Waals surface area contributed by atoms with E-state index >= 15 is 0 Å². The fourth-order valence-electron chi connectivity index (χ4n) is 1.50. The summed E-state index contributed by atoms with van der Waals surface area (Å²) in [6.45, 7) is 0. The molecular weight excluding hydrogens is 266 g/mol. The molecule has 1 unspecified atom stereocenters. The summed E-state index contributed by atoms with van der Waals surface area (Å²) in [7, 11) is 0. The van der Waals surface area contributed by atoms with Gasteiger partial charge in [-0.2, -0.15) is 10.2 Å². The summed E-state index contributed by atoms with van der Waals surface area (Å²) in [6, 6.07) is 5.93. The first-order valence-electron chi connectivity index (χ1n) is 5.49. The van der Waals surface area contributed by atoms with Crippen molar-refractivity contribution in [3.05, 3.63) is 39.9 Å². The van der Waals surface area contributed by atoms with Crippen molar-refractivity contribution < 1.29 is 14.5 Å². The van der Waals surface area contributed by atoms with Gasteiger partial charge in [0.15, 0.2) is 5.92 Å². The first kappa shape index (κ1) is 13.3. The van der Waals surface area contributed by atoms with Crippen LogP contribution in [0.15, 0.2) is 34.5 Å². The van der Waals surface area contributed by atoms with Crippen molar-refractivity contribution >= 4 is 29.9 Å². The van der Waals surface area contributed by atoms with Gasteiger partial charge in [0.05, 0.1) is 16.7 Å². The second-order valence-electron chi connectivity index (χ2n) is 3.78. The van der Waals surface area contributed by atoms with Crippen LogP contribution < -0.4 is 10.9 Å². The lowest BCUT2D eigenvalue weighted by Crippen LogP contribution is -2.34. The molecule has 0 aromatic heterocycles. The van der Waals surface area contributed by atoms with E-state index in [-0.39, 0.29) is 11.3 Å². The van der Waals surface area contributed by atoms with Crippen LogP contribution in [0.2, 0.25) is 0 Å². The van der Waals surface area contributed by atoms with Crippen LogP contribution in [0.1, 0.15) is 5.56 Å². The molecule has 1 aromatic rings. The number of carbonyl (C=O) groups is 2. The Labute approximate surface area is 112 Å². The number of amides is 2. The summed E-state index contributed by atoms with van der Waals surface area (Å²) in [5.74, 6) is -2.26. The molecule has 0 aliphatic carbocycles. The van der Waals surface area contributed by atoms with Crippen LogP contribution in [0, 0.1) is 16.0 Å². The molecule has 9 heteroatoms. The van der Waals surface area contributed by atoms with Crippen molar-refractivity contribution in [2.45, 2.75) is 0 Å². The Bertz CT molecular complexity index is 625. The van der Waals surface area contributed by atoms with Gasteiger partial charge in [0, 0.05) is 12.3 Å². The molecule has 0 saturated carbocycles. The molecule has 2 rings (SSSR count). The highest BCUT2D eigenvalue weighted by Gasteiger charge is 2.28. The first-order valence-corrected chi connectivity index (χ1v) is 5.49. The van der Waals surface area contributed by atoms with Crippen molar-refractivity contribution in [2.75, 3.05) is 0 Å². The van der Waals surface area contributed by atoms with Gasteiger partial charge >= 0.3 is 0 Å². The van der Waals surface area contributed by atoms with Crippen LogP contribution in [0.5, 0.6) is 0 Å². The zero-order chi connectivity index (χ0) is 14.5. The zero-order valence-electron chi connectivity index (χ0n) is 10.0. The fourth-order valence-corrected chi connectivity index (χ4v) is 1.50. The summed E-state index contributed by atoms with van der Waals surface area (Å²) < 4.78 is 0. The Balaban J connectivity index is 2.04. The Morgan fingerprint density at radius 1 is 1.50 bits per heavy atom. The molecule has 2 N–H and O–H groups in total. The van der Waals surface area contributed by atoms with E-state index < -0.39 is 22.7 Å². The highest BCUT2D eigenvalue weighted by Crippen LogP contribution is 2.15. The molecule has 1 aromatic carbocycles. The zero-order valence-corrected chi connectivity index (χ0v) is 10.0. The fraction of sp³-hybridized carbons (Fsp3) is 0.0909. The quantitative estimate of drug-likeness (QED) is 0.341. The minimum atomic E-state index is -1.04. The molecule has 1 heterocycles. The molecule has 1 aliphatic rings. The summed E-state index contributed by atoms with van der Waals surface area (Å²) in [5, 5.41) is 17.8. The maximum atomic E-state index is 11.6. The van der Waals surface area contributed by atoms with Crippen LogP contribution in [0.3, 0.4) is 0 Å². The number of rotatable bonds is 4. The maximum Gasteiger partial charge on any atom is 0.278 e. The van der Waals surface area contributed by atoms with Crippen LogP contribution in [0.4, 0.5) is 5.69 Å². The van der Waals surface area contributed by atoms with E-state index in [0.29, 0.717) is 0 Å². The number of nitro benzene ring substituents is 1. The minimum absolute atomic E-state index is 0.134. The number of para-hydroxylation sites is 1. The Morgan fingerprint density at radius 3 is 2.90 bits per heavy atom. The third-order valence-electron chi connectivity index (χ3n) is 2.48. The van der Waals surface area contributed by atoms with E-state index in [1.807, 2.05) is 0 Å². The van der Waals surface area contributed by atoms with Gasteiger partial charge in [-0.25, -0.2) is 10.9 Å². The summed E-state index contributed by atoms with van der Waals surface area (Å²) in [5.41, 5.74) is 4.34. The van der Waals surface area contributed by atoms with Crippen molar-refractivity contribution in [1.29, 1.82) is 0 Å². The maximum absolute atomic E-state index is 11.6. The third kappa shape index (κ3) is 2.83. The molecule has 2 amide bonds. The molecule has 20 heavy (non-hydrogen) atoms. The average Bonchev–Trinajstić information content (AvgIpc) is 2.85. The summed E-state index contributed by atoms with van der Waals surface area (Å²) >= 11 is 0. The topological polar surface area (TPSA) is 126 Å². The molecule has 9 nitrogen and oxygen atoms in total. The first-order chi connectivity index (χ1) is 9.59.